The Morgan fingerprint density at radius 2 is 1.38 bits per heavy atom. The highest BCUT2D eigenvalue weighted by atomic mass is 19.4. The van der Waals surface area contributed by atoms with Crippen LogP contribution in [0.4, 0.5) is 52.7 Å². The van der Waals surface area contributed by atoms with Gasteiger partial charge in [0.2, 0.25) is 5.91 Å². The first-order valence-corrected chi connectivity index (χ1v) is 13.4. The molecule has 2 aliphatic rings. The van der Waals surface area contributed by atoms with Crippen molar-refractivity contribution < 1.29 is 82.0 Å². The molecule has 272 valence electrons. The molecule has 2 saturated heterocycles. The molecule has 2 fully saturated rings. The van der Waals surface area contributed by atoms with Crippen LogP contribution in [0.25, 0.3) is 0 Å². The summed E-state index contributed by atoms with van der Waals surface area (Å²) in [7, 11) is 0. The number of rotatable bonds is 6. The minimum absolute atomic E-state index is 0.0200. The highest BCUT2D eigenvalue weighted by Gasteiger charge is 2.47. The number of carboxylic acids is 1. The van der Waals surface area contributed by atoms with Crippen LogP contribution < -0.4 is 16.0 Å². The van der Waals surface area contributed by atoms with Gasteiger partial charge in [-0.2, -0.15) is 52.7 Å². The van der Waals surface area contributed by atoms with Crippen LogP contribution in [0.2, 0.25) is 0 Å². The molecule has 47 heavy (non-hydrogen) atoms. The normalized spacial score (nSPS) is 20.2. The molecule has 2 atom stereocenters. The van der Waals surface area contributed by atoms with E-state index < -0.39 is 60.3 Å². The number of carbonyl (C=O) groups excluding carboxylic acids is 1. The second-order valence-corrected chi connectivity index (χ2v) is 10.2. The molecule has 0 spiro atoms. The van der Waals surface area contributed by atoms with E-state index in [2.05, 4.69) is 16.0 Å². The zero-order valence-corrected chi connectivity index (χ0v) is 24.6. The Balaban J connectivity index is 0.00000127. The Morgan fingerprint density at radius 1 is 0.957 bits per heavy atom. The summed E-state index contributed by atoms with van der Waals surface area (Å²) in [5.74, 6) is -3.35. The number of carbonyl (C=O) groups is 3. The van der Waals surface area contributed by atoms with Gasteiger partial charge in [0.1, 0.15) is 5.54 Å². The number of hydrogen-bond acceptors (Lipinski definition) is 6. The first kappa shape index (κ1) is 43.7. The van der Waals surface area contributed by atoms with E-state index in [1.807, 2.05) is 13.8 Å². The summed E-state index contributed by atoms with van der Waals surface area (Å²) < 4.78 is 145. The molecule has 5 N–H and O–H groups in total. The Bertz CT molecular complexity index is 1090. The van der Waals surface area contributed by atoms with E-state index in [1.54, 1.807) is 0 Å². The van der Waals surface area contributed by atoms with Crippen LogP contribution in [0.3, 0.4) is 0 Å². The van der Waals surface area contributed by atoms with Crippen LogP contribution in [0.5, 0.6) is 0 Å². The molecule has 0 aromatic heterocycles. The van der Waals surface area contributed by atoms with Crippen molar-refractivity contribution in [2.75, 3.05) is 19.8 Å². The lowest BCUT2D eigenvalue weighted by atomic mass is 9.83. The molecule has 2 unspecified atom stereocenters. The summed E-state index contributed by atoms with van der Waals surface area (Å²) in [6, 6.07) is 1.64. The number of benzene rings is 1. The molecule has 21 heteroatoms. The first-order valence-electron chi connectivity index (χ1n) is 13.4. The fourth-order valence-electron chi connectivity index (χ4n) is 4.49. The van der Waals surface area contributed by atoms with Crippen LogP contribution in [-0.2, 0) is 38.0 Å². The van der Waals surface area contributed by atoms with Gasteiger partial charge in [-0.25, -0.2) is 4.79 Å². The van der Waals surface area contributed by atoms with Crippen molar-refractivity contribution in [1.29, 1.82) is 0 Å². The largest absolute Gasteiger partial charge is 0.490 e. The van der Waals surface area contributed by atoms with Crippen LogP contribution in [0.15, 0.2) is 18.2 Å². The Kier molecular flexibility index (Phi) is 17.5. The number of carboxylic acid groups (broad SMARTS) is 2. The van der Waals surface area contributed by atoms with E-state index >= 15 is 0 Å². The van der Waals surface area contributed by atoms with Crippen molar-refractivity contribution in [2.45, 2.75) is 82.5 Å². The molecule has 3 rings (SSSR count). The van der Waals surface area contributed by atoms with Gasteiger partial charge in [-0.3, -0.25) is 9.59 Å². The highest BCUT2D eigenvalue weighted by molar-refractivity contribution is 5.87. The third-order valence-electron chi connectivity index (χ3n) is 6.66. The molecular weight excluding hydrogens is 678 g/mol. The van der Waals surface area contributed by atoms with Crippen LogP contribution in [-0.4, -0.2) is 78.8 Å². The van der Waals surface area contributed by atoms with Gasteiger partial charge in [-0.15, -0.1) is 0 Å². The number of nitrogens with one attached hydrogen (secondary N) is 3. The summed E-state index contributed by atoms with van der Waals surface area (Å²) in [5, 5.41) is 23.4. The van der Waals surface area contributed by atoms with Gasteiger partial charge in [0, 0.05) is 38.4 Å². The number of alkyl halides is 12. The van der Waals surface area contributed by atoms with Crippen LogP contribution >= 0.6 is 0 Å². The zero-order chi connectivity index (χ0) is 36.8. The van der Waals surface area contributed by atoms with Gasteiger partial charge in [0.25, 0.3) is 6.47 Å². The molecular formula is C26H33F12N3O6. The quantitative estimate of drug-likeness (QED) is 0.196. The van der Waals surface area contributed by atoms with E-state index in [0.717, 1.165) is 12.8 Å². The summed E-state index contributed by atoms with van der Waals surface area (Å²) >= 11 is 0. The fraction of sp³-hybridized carbons (Fsp3) is 0.654. The third-order valence-corrected chi connectivity index (χ3v) is 6.66. The number of ether oxygens (including phenoxy) is 1. The SMILES string of the molecule is CC(C)C1(C(=O)NCc2cc(C(F)(F)F)cc(C(F)(F)F)c2)CC(NC2CCOCC2)CN1.FC(F)F.O=C(O)C(F)(F)F.O=CO. The summed E-state index contributed by atoms with van der Waals surface area (Å²) in [6.07, 6.45) is -12.8. The molecule has 1 aromatic rings. The fourth-order valence-corrected chi connectivity index (χ4v) is 4.49. The second kappa shape index (κ2) is 18.9. The number of amides is 1. The van der Waals surface area contributed by atoms with Crippen molar-refractivity contribution in [2.24, 2.45) is 5.92 Å². The van der Waals surface area contributed by atoms with Crippen molar-refractivity contribution >= 4 is 18.3 Å². The minimum atomic E-state index is -5.08. The van der Waals surface area contributed by atoms with Gasteiger partial charge < -0.3 is 30.9 Å². The van der Waals surface area contributed by atoms with Crippen LogP contribution in [0.1, 0.15) is 49.8 Å². The molecule has 2 heterocycles. The van der Waals surface area contributed by atoms with Gasteiger partial charge >= 0.3 is 31.2 Å². The first-order chi connectivity index (χ1) is 21.4. The maximum absolute atomic E-state index is 13.1. The van der Waals surface area contributed by atoms with E-state index in [-0.39, 0.29) is 36.1 Å². The van der Waals surface area contributed by atoms with E-state index in [1.165, 1.54) is 0 Å². The molecule has 2 aliphatic heterocycles. The maximum Gasteiger partial charge on any atom is 0.490 e. The third kappa shape index (κ3) is 15.9. The molecule has 1 amide bonds. The second-order valence-electron chi connectivity index (χ2n) is 10.2. The summed E-state index contributed by atoms with van der Waals surface area (Å²) in [5.41, 5.74) is -4.05. The lowest BCUT2D eigenvalue weighted by Crippen LogP contribution is -2.57. The van der Waals surface area contributed by atoms with E-state index in [0.29, 0.717) is 38.3 Å². The average molecular weight is 712 g/mol. The Labute approximate surface area is 260 Å². The molecule has 0 bridgehead atoms. The summed E-state index contributed by atoms with van der Waals surface area (Å²) in [4.78, 5) is 30.4. The average Bonchev–Trinajstić information content (AvgIpc) is 3.36. The van der Waals surface area contributed by atoms with Crippen molar-refractivity contribution in [3.63, 3.8) is 0 Å². The van der Waals surface area contributed by atoms with Gasteiger partial charge in [0.15, 0.2) is 0 Å². The standard InChI is InChI=1S/C22H29F6N3O2.C2HF3O2.CHF3.CH2O2/c1-13(2)20(10-18(12-30-20)31-17-3-5-33-6-4-17)19(32)29-11-14-7-15(21(23,24)25)9-16(8-14)22(26,27)28;3-2(4,5)1(6)7;2-1(3)4;2-1-3/h7-9,13,17-18,30-31H,3-6,10-12H2,1-2H3,(H,29,32);(H,6,7);1H;1H,(H,2,3). The maximum atomic E-state index is 13.1. The van der Waals surface area contributed by atoms with Gasteiger partial charge in [-0.1, -0.05) is 13.8 Å². The molecule has 1 aromatic carbocycles. The lowest BCUT2D eigenvalue weighted by molar-refractivity contribution is -0.192. The smallest absolute Gasteiger partial charge is 0.483 e. The van der Waals surface area contributed by atoms with Gasteiger partial charge in [0.05, 0.1) is 11.1 Å². The van der Waals surface area contributed by atoms with Crippen molar-refractivity contribution in [3.05, 3.63) is 34.9 Å². The molecule has 0 saturated carbocycles. The molecule has 0 aliphatic carbocycles. The number of aliphatic carboxylic acids is 1. The van der Waals surface area contributed by atoms with Crippen molar-refractivity contribution in [3.8, 4) is 0 Å². The monoisotopic (exact) mass is 711 g/mol. The minimum Gasteiger partial charge on any atom is -0.483 e. The van der Waals surface area contributed by atoms with Gasteiger partial charge in [-0.05, 0) is 48.9 Å². The molecule has 9 nitrogen and oxygen atoms in total. The number of halogens is 12. The Hall–Kier alpha value is -3.33. The van der Waals surface area contributed by atoms with Crippen LogP contribution in [0, 0.1) is 5.92 Å². The predicted octanol–water partition coefficient (Wildman–Crippen LogP) is 5.38. The van der Waals surface area contributed by atoms with E-state index in [9.17, 15) is 57.5 Å². The van der Waals surface area contributed by atoms with Crippen molar-refractivity contribution in [1.82, 2.24) is 16.0 Å². The van der Waals surface area contributed by atoms with E-state index in [4.69, 9.17) is 24.5 Å². The molecule has 0 radical (unpaired) electrons. The topological polar surface area (TPSA) is 137 Å². The zero-order valence-electron chi connectivity index (χ0n) is 24.6. The lowest BCUT2D eigenvalue weighted by Gasteiger charge is -2.33. The number of hydrogen-bond donors (Lipinski definition) is 5. The Morgan fingerprint density at radius 3 is 1.74 bits per heavy atom. The predicted molar refractivity (Wildman–Crippen MR) is 139 cm³/mol. The summed E-state index contributed by atoms with van der Waals surface area (Å²) in [6.45, 7) is 1.23. The highest BCUT2D eigenvalue weighted by Crippen LogP contribution is 2.36.